The van der Waals surface area contributed by atoms with E-state index in [4.69, 9.17) is 9.47 Å². The van der Waals surface area contributed by atoms with Crippen LogP contribution in [0.1, 0.15) is 26.3 Å². The lowest BCUT2D eigenvalue weighted by Gasteiger charge is -2.15. The van der Waals surface area contributed by atoms with E-state index in [1.165, 1.54) is 7.11 Å². The Bertz CT molecular complexity index is 589. The maximum absolute atomic E-state index is 12.2. The van der Waals surface area contributed by atoms with Crippen LogP contribution >= 0.6 is 0 Å². The second kappa shape index (κ2) is 5.36. The van der Waals surface area contributed by atoms with Gasteiger partial charge in [-0.3, -0.25) is 0 Å². The molecule has 108 valence electrons. The smallest absolute Gasteiger partial charge is 0.353 e. The summed E-state index contributed by atoms with van der Waals surface area (Å²) in [4.78, 5) is 11.8. The Balaban J connectivity index is 2.47. The molecule has 2 rings (SSSR count). The van der Waals surface area contributed by atoms with Crippen LogP contribution in [0, 0.1) is 0 Å². The van der Waals surface area contributed by atoms with Crippen molar-refractivity contribution >= 4 is 22.7 Å². The third-order valence-corrected chi connectivity index (χ3v) is 4.19. The molecule has 0 unspecified atom stereocenters. The number of para-hydroxylation sites is 1. The molecule has 0 aliphatic carbocycles. The van der Waals surface area contributed by atoms with Crippen molar-refractivity contribution in [2.24, 2.45) is 4.40 Å². The molecular weight excluding hydrogens is 278 g/mol. The van der Waals surface area contributed by atoms with Crippen molar-refractivity contribution in [1.82, 2.24) is 0 Å². The normalized spacial score (nSPS) is 21.2. The van der Waals surface area contributed by atoms with Crippen molar-refractivity contribution in [3.05, 3.63) is 29.8 Å². The van der Waals surface area contributed by atoms with E-state index < -0.39 is 27.8 Å². The monoisotopic (exact) mass is 295 g/mol. The molecule has 0 fully saturated rings. The zero-order chi connectivity index (χ0) is 14.9. The van der Waals surface area contributed by atoms with Crippen LogP contribution in [0.5, 0.6) is 5.75 Å². The summed E-state index contributed by atoms with van der Waals surface area (Å²) in [6.07, 6.45) is -0.955. The Kier molecular flexibility index (Phi) is 3.94. The van der Waals surface area contributed by atoms with Gasteiger partial charge in [0.1, 0.15) is 22.4 Å². The van der Waals surface area contributed by atoms with Gasteiger partial charge in [-0.05, 0) is 32.9 Å². The Morgan fingerprint density at radius 1 is 1.35 bits per heavy atom. The van der Waals surface area contributed by atoms with Crippen LogP contribution in [0.25, 0.3) is 0 Å². The minimum Gasteiger partial charge on any atom is -0.472 e. The number of fused-ring (bicyclic) bond motifs is 1. The first-order valence-electron chi connectivity index (χ1n) is 6.19. The standard InChI is InChI=1S/C14H17NO4S/c1-14(2,3)20(17)15-11-9-7-5-6-8-10(9)19-12(11)13(16)18-4/h5-8,12H,1-4H3/t12-,20+/m1/s1. The maximum Gasteiger partial charge on any atom is 0.353 e. The molecule has 1 aliphatic rings. The second-order valence-electron chi connectivity index (χ2n) is 5.36. The van der Waals surface area contributed by atoms with Gasteiger partial charge in [0, 0.05) is 5.56 Å². The number of nitrogens with zero attached hydrogens (tertiary/aromatic N) is 1. The summed E-state index contributed by atoms with van der Waals surface area (Å²) in [6.45, 7) is 5.46. The fourth-order valence-electron chi connectivity index (χ4n) is 1.70. The summed E-state index contributed by atoms with van der Waals surface area (Å²) in [6, 6.07) is 7.15. The van der Waals surface area contributed by atoms with Gasteiger partial charge in [0.25, 0.3) is 0 Å². The van der Waals surface area contributed by atoms with Gasteiger partial charge in [0.2, 0.25) is 6.10 Å². The van der Waals surface area contributed by atoms with E-state index in [-0.39, 0.29) is 0 Å². The molecule has 0 N–H and O–H groups in total. The van der Waals surface area contributed by atoms with E-state index in [9.17, 15) is 9.00 Å². The van der Waals surface area contributed by atoms with Crippen LogP contribution in [0.3, 0.4) is 0 Å². The highest BCUT2D eigenvalue weighted by atomic mass is 32.2. The van der Waals surface area contributed by atoms with E-state index >= 15 is 0 Å². The molecule has 5 nitrogen and oxygen atoms in total. The molecule has 0 saturated heterocycles. The summed E-state index contributed by atoms with van der Waals surface area (Å²) in [5.41, 5.74) is 1.04. The van der Waals surface area contributed by atoms with Crippen LogP contribution < -0.4 is 4.74 Å². The number of rotatable bonds is 2. The Morgan fingerprint density at radius 2 is 2.00 bits per heavy atom. The van der Waals surface area contributed by atoms with Crippen LogP contribution in [-0.2, 0) is 20.5 Å². The molecule has 0 spiro atoms. The maximum atomic E-state index is 12.2. The quantitative estimate of drug-likeness (QED) is 0.781. The molecule has 1 aliphatic heterocycles. The van der Waals surface area contributed by atoms with E-state index in [0.29, 0.717) is 17.0 Å². The number of benzene rings is 1. The van der Waals surface area contributed by atoms with Gasteiger partial charge < -0.3 is 9.47 Å². The van der Waals surface area contributed by atoms with E-state index in [0.717, 1.165) is 0 Å². The fourth-order valence-corrected chi connectivity index (χ4v) is 2.34. The van der Waals surface area contributed by atoms with Gasteiger partial charge in [-0.15, -0.1) is 0 Å². The molecule has 0 amide bonds. The molecule has 0 aromatic heterocycles. The number of esters is 1. The van der Waals surface area contributed by atoms with Gasteiger partial charge in [0.15, 0.2) is 0 Å². The SMILES string of the molecule is COC(=O)[C@@H]1Oc2ccccc2C1=N[S@@](=O)C(C)(C)C. The first-order chi connectivity index (χ1) is 9.34. The molecule has 1 heterocycles. The molecule has 0 saturated carbocycles. The summed E-state index contributed by atoms with van der Waals surface area (Å²) in [5, 5.41) is 0. The third-order valence-electron chi connectivity index (χ3n) is 2.78. The first-order valence-corrected chi connectivity index (χ1v) is 7.29. The highest BCUT2D eigenvalue weighted by molar-refractivity contribution is 7.85. The third kappa shape index (κ3) is 2.75. The number of carbonyl (C=O) groups is 1. The van der Waals surface area contributed by atoms with Crippen LogP contribution in [-0.4, -0.2) is 33.9 Å². The Hall–Kier alpha value is -1.69. The lowest BCUT2D eigenvalue weighted by Crippen LogP contribution is -2.33. The number of hydrogen-bond acceptors (Lipinski definition) is 4. The first kappa shape index (κ1) is 14.7. The second-order valence-corrected chi connectivity index (χ2v) is 7.26. The minimum absolute atomic E-state index is 0.362. The number of methoxy groups -OCH3 is 1. The molecule has 1 aromatic carbocycles. The van der Waals surface area contributed by atoms with Crippen molar-refractivity contribution in [1.29, 1.82) is 0 Å². The van der Waals surface area contributed by atoms with Crippen molar-refractivity contribution in [2.45, 2.75) is 31.6 Å². The number of ether oxygens (including phenoxy) is 2. The van der Waals surface area contributed by atoms with Crippen molar-refractivity contribution < 1.29 is 18.5 Å². The lowest BCUT2D eigenvalue weighted by atomic mass is 10.1. The molecule has 20 heavy (non-hydrogen) atoms. The van der Waals surface area contributed by atoms with Gasteiger partial charge in [0.05, 0.1) is 11.9 Å². The summed E-state index contributed by atoms with van der Waals surface area (Å²) in [5.74, 6) is -0.00146. The van der Waals surface area contributed by atoms with E-state index in [1.54, 1.807) is 18.2 Å². The highest BCUT2D eigenvalue weighted by Gasteiger charge is 2.38. The largest absolute Gasteiger partial charge is 0.472 e. The molecule has 1 aromatic rings. The van der Waals surface area contributed by atoms with Crippen molar-refractivity contribution in [2.75, 3.05) is 7.11 Å². The molecular formula is C14H17NO4S. The molecule has 6 heteroatoms. The average Bonchev–Trinajstić information content (AvgIpc) is 2.76. The Morgan fingerprint density at radius 3 is 2.60 bits per heavy atom. The molecule has 2 atom stereocenters. The van der Waals surface area contributed by atoms with Crippen molar-refractivity contribution in [3.63, 3.8) is 0 Å². The average molecular weight is 295 g/mol. The predicted molar refractivity (Wildman–Crippen MR) is 77.3 cm³/mol. The summed E-state index contributed by atoms with van der Waals surface area (Å²) in [7, 11) is -0.189. The molecule has 0 radical (unpaired) electrons. The topological polar surface area (TPSA) is 65.0 Å². The van der Waals surface area contributed by atoms with Crippen molar-refractivity contribution in [3.8, 4) is 5.75 Å². The van der Waals surface area contributed by atoms with Gasteiger partial charge in [-0.25, -0.2) is 9.00 Å². The molecule has 0 bridgehead atoms. The lowest BCUT2D eigenvalue weighted by molar-refractivity contribution is -0.145. The summed E-state index contributed by atoms with van der Waals surface area (Å²) < 4.78 is 26.2. The number of carbonyl (C=O) groups excluding carboxylic acids is 1. The minimum atomic E-state index is -1.47. The van der Waals surface area contributed by atoms with Crippen LogP contribution in [0.4, 0.5) is 0 Å². The zero-order valence-corrected chi connectivity index (χ0v) is 12.7. The van der Waals surface area contributed by atoms with E-state index in [2.05, 4.69) is 4.40 Å². The van der Waals surface area contributed by atoms with Gasteiger partial charge in [-0.2, -0.15) is 4.40 Å². The van der Waals surface area contributed by atoms with Crippen LogP contribution in [0.15, 0.2) is 28.7 Å². The number of hydrogen-bond donors (Lipinski definition) is 0. The van der Waals surface area contributed by atoms with Gasteiger partial charge >= 0.3 is 5.97 Å². The highest BCUT2D eigenvalue weighted by Crippen LogP contribution is 2.30. The van der Waals surface area contributed by atoms with Gasteiger partial charge in [-0.1, -0.05) is 12.1 Å². The Labute approximate surface area is 120 Å². The zero-order valence-electron chi connectivity index (χ0n) is 11.9. The predicted octanol–water partition coefficient (Wildman–Crippen LogP) is 1.87. The van der Waals surface area contributed by atoms with Crippen LogP contribution in [0.2, 0.25) is 0 Å². The van der Waals surface area contributed by atoms with E-state index in [1.807, 2.05) is 26.8 Å². The fraction of sp³-hybridized carbons (Fsp3) is 0.429. The summed E-state index contributed by atoms with van der Waals surface area (Å²) >= 11 is 0.